The van der Waals surface area contributed by atoms with Crippen molar-refractivity contribution >= 4 is 0 Å². The van der Waals surface area contributed by atoms with Gasteiger partial charge < -0.3 is 5.73 Å². The molecule has 0 aliphatic heterocycles. The summed E-state index contributed by atoms with van der Waals surface area (Å²) in [6.07, 6.45) is 7.49. The van der Waals surface area contributed by atoms with E-state index in [0.29, 0.717) is 5.92 Å². The molecule has 1 atom stereocenters. The van der Waals surface area contributed by atoms with Crippen molar-refractivity contribution in [2.45, 2.75) is 19.3 Å². The van der Waals surface area contributed by atoms with Crippen molar-refractivity contribution in [2.75, 3.05) is 6.54 Å². The minimum absolute atomic E-state index is 0.645. The fraction of sp³-hybridized carbons (Fsp3) is 0.455. The van der Waals surface area contributed by atoms with E-state index in [4.69, 9.17) is 5.73 Å². The Morgan fingerprint density at radius 3 is 3.25 bits per heavy atom. The van der Waals surface area contributed by atoms with Gasteiger partial charge in [-0.05, 0) is 30.9 Å². The third-order valence-electron chi connectivity index (χ3n) is 2.50. The highest BCUT2D eigenvalue weighted by Crippen LogP contribution is 2.31. The van der Waals surface area contributed by atoms with Crippen LogP contribution in [0.15, 0.2) is 23.3 Å². The van der Waals surface area contributed by atoms with Crippen LogP contribution in [-0.2, 0) is 0 Å². The fourth-order valence-electron chi connectivity index (χ4n) is 1.81. The maximum atomic E-state index is 5.63. The monoisotopic (exact) mass is 159 g/mol. The molecule has 2 aliphatic rings. The van der Waals surface area contributed by atoms with Gasteiger partial charge in [0.15, 0.2) is 0 Å². The van der Waals surface area contributed by atoms with Gasteiger partial charge >= 0.3 is 0 Å². The summed E-state index contributed by atoms with van der Waals surface area (Å²) in [6.45, 7) is 0.794. The smallest absolute Gasteiger partial charge is 0.0276 e. The summed E-state index contributed by atoms with van der Waals surface area (Å²) in [6, 6.07) is 0. The lowest BCUT2D eigenvalue weighted by molar-refractivity contribution is 0.574. The van der Waals surface area contributed by atoms with Crippen molar-refractivity contribution in [1.29, 1.82) is 0 Å². The van der Waals surface area contributed by atoms with Crippen LogP contribution in [0, 0.1) is 17.8 Å². The van der Waals surface area contributed by atoms with Crippen LogP contribution < -0.4 is 5.73 Å². The fourth-order valence-corrected chi connectivity index (χ4v) is 1.81. The van der Waals surface area contributed by atoms with Crippen molar-refractivity contribution in [2.24, 2.45) is 11.7 Å². The molecule has 0 radical (unpaired) electrons. The zero-order valence-electron chi connectivity index (χ0n) is 7.14. The summed E-state index contributed by atoms with van der Waals surface area (Å²) < 4.78 is 0. The Balaban J connectivity index is 2.21. The first-order valence-corrected chi connectivity index (χ1v) is 4.47. The lowest BCUT2D eigenvalue weighted by atomic mass is 10.1. The first kappa shape index (κ1) is 7.64. The topological polar surface area (TPSA) is 26.0 Å². The van der Waals surface area contributed by atoms with Gasteiger partial charge in [0.1, 0.15) is 0 Å². The van der Waals surface area contributed by atoms with Crippen molar-refractivity contribution in [3.05, 3.63) is 23.3 Å². The SMILES string of the molecule is NCC1CC2=C(C=CCC#C2)C1. The van der Waals surface area contributed by atoms with Crippen LogP contribution in [0.25, 0.3) is 0 Å². The molecule has 0 bridgehead atoms. The normalized spacial score (nSPS) is 26.2. The van der Waals surface area contributed by atoms with E-state index in [1.807, 2.05) is 0 Å². The Morgan fingerprint density at radius 1 is 1.50 bits per heavy atom. The summed E-state index contributed by atoms with van der Waals surface area (Å²) in [7, 11) is 0. The predicted molar refractivity (Wildman–Crippen MR) is 50.3 cm³/mol. The van der Waals surface area contributed by atoms with Gasteiger partial charge in [-0.2, -0.15) is 0 Å². The van der Waals surface area contributed by atoms with Gasteiger partial charge in [0.25, 0.3) is 0 Å². The van der Waals surface area contributed by atoms with Crippen LogP contribution >= 0.6 is 0 Å². The molecule has 0 heterocycles. The quantitative estimate of drug-likeness (QED) is 0.578. The van der Waals surface area contributed by atoms with E-state index in [1.54, 1.807) is 0 Å². The third-order valence-corrected chi connectivity index (χ3v) is 2.50. The van der Waals surface area contributed by atoms with Crippen LogP contribution in [0.2, 0.25) is 0 Å². The molecule has 0 saturated heterocycles. The zero-order valence-corrected chi connectivity index (χ0v) is 7.14. The van der Waals surface area contributed by atoms with E-state index in [0.717, 1.165) is 25.8 Å². The van der Waals surface area contributed by atoms with Crippen molar-refractivity contribution in [3.63, 3.8) is 0 Å². The average molecular weight is 159 g/mol. The van der Waals surface area contributed by atoms with Gasteiger partial charge in [0, 0.05) is 12.0 Å². The Bertz CT molecular complexity index is 299. The number of allylic oxidation sites excluding steroid dienone is 4. The first-order valence-electron chi connectivity index (χ1n) is 4.47. The van der Waals surface area contributed by atoms with Gasteiger partial charge in [-0.1, -0.05) is 24.0 Å². The molecule has 2 rings (SSSR count). The lowest BCUT2D eigenvalue weighted by Gasteiger charge is -2.03. The van der Waals surface area contributed by atoms with Crippen LogP contribution in [0.4, 0.5) is 0 Å². The third kappa shape index (κ3) is 1.31. The molecule has 62 valence electrons. The Kier molecular flexibility index (Phi) is 2.01. The number of nitrogens with two attached hydrogens (primary N) is 1. The maximum absolute atomic E-state index is 5.63. The molecule has 0 saturated carbocycles. The lowest BCUT2D eigenvalue weighted by Crippen LogP contribution is -2.11. The highest BCUT2D eigenvalue weighted by atomic mass is 14.6. The molecule has 0 spiro atoms. The van der Waals surface area contributed by atoms with E-state index in [2.05, 4.69) is 24.0 Å². The van der Waals surface area contributed by atoms with E-state index < -0.39 is 0 Å². The second kappa shape index (κ2) is 3.16. The summed E-state index contributed by atoms with van der Waals surface area (Å²) in [5.74, 6) is 6.99. The molecule has 2 aliphatic carbocycles. The molecule has 0 amide bonds. The van der Waals surface area contributed by atoms with Gasteiger partial charge in [0.2, 0.25) is 0 Å². The highest BCUT2D eigenvalue weighted by Gasteiger charge is 2.20. The second-order valence-corrected chi connectivity index (χ2v) is 3.42. The van der Waals surface area contributed by atoms with E-state index in [-0.39, 0.29) is 0 Å². The molecule has 2 N–H and O–H groups in total. The van der Waals surface area contributed by atoms with Crippen LogP contribution in [-0.4, -0.2) is 6.54 Å². The molecule has 1 nitrogen and oxygen atoms in total. The van der Waals surface area contributed by atoms with Gasteiger partial charge in [-0.15, -0.1) is 0 Å². The summed E-state index contributed by atoms with van der Waals surface area (Å²) >= 11 is 0. The average Bonchev–Trinajstić information content (AvgIpc) is 2.37. The summed E-state index contributed by atoms with van der Waals surface area (Å²) in [4.78, 5) is 0. The van der Waals surface area contributed by atoms with Crippen molar-refractivity contribution in [1.82, 2.24) is 0 Å². The van der Waals surface area contributed by atoms with E-state index in [1.165, 1.54) is 11.1 Å². The molecule has 0 fully saturated rings. The van der Waals surface area contributed by atoms with Crippen LogP contribution in [0.5, 0.6) is 0 Å². The molecule has 1 heteroatoms. The predicted octanol–water partition coefficient (Wildman–Crippen LogP) is 1.62. The molecular formula is C11H13N. The molecular weight excluding hydrogens is 146 g/mol. The highest BCUT2D eigenvalue weighted by molar-refractivity contribution is 5.45. The molecule has 0 aromatic rings. The molecule has 1 unspecified atom stereocenters. The maximum Gasteiger partial charge on any atom is 0.0276 e. The number of hydrogen-bond acceptors (Lipinski definition) is 1. The second-order valence-electron chi connectivity index (χ2n) is 3.42. The van der Waals surface area contributed by atoms with E-state index >= 15 is 0 Å². The Hall–Kier alpha value is -1.00. The Labute approximate surface area is 73.3 Å². The largest absolute Gasteiger partial charge is 0.330 e. The van der Waals surface area contributed by atoms with Crippen LogP contribution in [0.3, 0.4) is 0 Å². The van der Waals surface area contributed by atoms with E-state index in [9.17, 15) is 0 Å². The standard InChI is InChI=1S/C11H13N/c12-8-9-6-10-4-2-1-3-5-11(10)7-9/h2,4,9H,1,6-8,12H2. The number of hydrogen-bond donors (Lipinski definition) is 1. The Morgan fingerprint density at radius 2 is 2.42 bits per heavy atom. The minimum atomic E-state index is 0.645. The van der Waals surface area contributed by atoms with Gasteiger partial charge in [-0.3, -0.25) is 0 Å². The summed E-state index contributed by atoms with van der Waals surface area (Å²) in [5.41, 5.74) is 8.39. The molecule has 0 aromatic carbocycles. The summed E-state index contributed by atoms with van der Waals surface area (Å²) in [5, 5.41) is 0. The van der Waals surface area contributed by atoms with Gasteiger partial charge in [-0.25, -0.2) is 0 Å². The zero-order chi connectivity index (χ0) is 8.39. The minimum Gasteiger partial charge on any atom is -0.330 e. The molecule has 12 heavy (non-hydrogen) atoms. The van der Waals surface area contributed by atoms with Crippen LogP contribution in [0.1, 0.15) is 19.3 Å². The first-order chi connectivity index (χ1) is 5.90. The number of rotatable bonds is 1. The van der Waals surface area contributed by atoms with Gasteiger partial charge in [0.05, 0.1) is 0 Å². The molecule has 0 aromatic heterocycles. The van der Waals surface area contributed by atoms with Crippen molar-refractivity contribution < 1.29 is 0 Å². The van der Waals surface area contributed by atoms with Crippen molar-refractivity contribution in [3.8, 4) is 11.8 Å².